The maximum atomic E-state index is 4.84. The van der Waals surface area contributed by atoms with E-state index in [2.05, 4.69) is 29.2 Å². The van der Waals surface area contributed by atoms with Crippen LogP contribution in [0.25, 0.3) is 44.6 Å². The number of rotatable bonds is 2. The van der Waals surface area contributed by atoms with E-state index in [0.29, 0.717) is 0 Å². The zero-order valence-corrected chi connectivity index (χ0v) is 14.0. The van der Waals surface area contributed by atoms with Gasteiger partial charge in [-0.25, -0.2) is 9.97 Å². The number of benzene rings is 3. The van der Waals surface area contributed by atoms with Gasteiger partial charge in [0.1, 0.15) is 5.82 Å². The molecule has 0 aliphatic heterocycles. The molecule has 0 aliphatic rings. The second-order valence-electron chi connectivity index (χ2n) is 6.04. The maximum absolute atomic E-state index is 4.84. The van der Waals surface area contributed by atoms with Crippen molar-refractivity contribution < 1.29 is 5.48 Å². The van der Waals surface area contributed by atoms with Crippen LogP contribution in [-0.4, -0.2) is 20.4 Å². The summed E-state index contributed by atoms with van der Waals surface area (Å²) in [7, 11) is 0. The first kappa shape index (κ1) is 16.0. The van der Waals surface area contributed by atoms with Crippen LogP contribution >= 0.6 is 0 Å². The van der Waals surface area contributed by atoms with Gasteiger partial charge in [0.15, 0.2) is 0 Å². The van der Waals surface area contributed by atoms with Gasteiger partial charge in [-0.3, -0.25) is 0 Å². The molecule has 0 fully saturated rings. The summed E-state index contributed by atoms with van der Waals surface area (Å²) in [5.41, 5.74) is 6.11. The molecule has 0 spiro atoms. The van der Waals surface area contributed by atoms with Crippen LogP contribution in [0.4, 0.5) is 0 Å². The molecule has 126 valence electrons. The Bertz CT molecular complexity index is 1160. The minimum atomic E-state index is 0. The van der Waals surface area contributed by atoms with Gasteiger partial charge in [0, 0.05) is 16.5 Å². The van der Waals surface area contributed by atoms with Gasteiger partial charge < -0.3 is 10.5 Å². The average Bonchev–Trinajstić information content (AvgIpc) is 3.12. The fourth-order valence-corrected chi connectivity index (χ4v) is 3.21. The number of aromatic amines is 1. The molecule has 5 aromatic rings. The van der Waals surface area contributed by atoms with Crippen LogP contribution in [0.1, 0.15) is 0 Å². The van der Waals surface area contributed by atoms with Crippen LogP contribution < -0.4 is 0 Å². The highest BCUT2D eigenvalue weighted by atomic mass is 16.0. The van der Waals surface area contributed by atoms with Gasteiger partial charge in [-0.2, -0.15) is 0 Å². The number of aromatic nitrogens is 3. The minimum absolute atomic E-state index is 0. The highest BCUT2D eigenvalue weighted by Crippen LogP contribution is 2.31. The molecule has 3 N–H and O–H groups in total. The Morgan fingerprint density at radius 3 is 2.15 bits per heavy atom. The van der Waals surface area contributed by atoms with Gasteiger partial charge in [0.05, 0.1) is 22.2 Å². The lowest BCUT2D eigenvalue weighted by atomic mass is 10.0. The lowest BCUT2D eigenvalue weighted by Gasteiger charge is -2.08. The molecule has 0 saturated carbocycles. The lowest BCUT2D eigenvalue weighted by Crippen LogP contribution is -1.90. The molecule has 4 heteroatoms. The second kappa shape index (κ2) is 6.43. The Hall–Kier alpha value is -3.50. The van der Waals surface area contributed by atoms with Gasteiger partial charge in [0.2, 0.25) is 0 Å². The van der Waals surface area contributed by atoms with Gasteiger partial charge in [-0.15, -0.1) is 0 Å². The molecule has 2 heterocycles. The van der Waals surface area contributed by atoms with Crippen molar-refractivity contribution in [3.63, 3.8) is 0 Å². The fraction of sp³-hybridized carbons (Fsp3) is 0. The molecular weight excluding hydrogens is 322 g/mol. The zero-order chi connectivity index (χ0) is 16.6. The first-order valence-corrected chi connectivity index (χ1v) is 8.29. The van der Waals surface area contributed by atoms with E-state index in [0.717, 1.165) is 44.6 Å². The standard InChI is InChI=1S/C22H15N3.H2O/c1-2-8-15(9-3-1)21-14-17(16-10-4-5-11-18(16)23-21)22-24-19-12-6-7-13-20(19)25-22;/h1-14H,(H,24,25);1H2. The van der Waals surface area contributed by atoms with Crippen molar-refractivity contribution in [3.05, 3.63) is 84.9 Å². The second-order valence-corrected chi connectivity index (χ2v) is 6.04. The van der Waals surface area contributed by atoms with E-state index in [-0.39, 0.29) is 5.48 Å². The number of H-pyrrole nitrogens is 1. The summed E-state index contributed by atoms with van der Waals surface area (Å²) >= 11 is 0. The number of hydrogen-bond donors (Lipinski definition) is 1. The van der Waals surface area contributed by atoms with Gasteiger partial charge >= 0.3 is 0 Å². The molecule has 0 bridgehead atoms. The van der Waals surface area contributed by atoms with Crippen LogP contribution in [-0.2, 0) is 0 Å². The summed E-state index contributed by atoms with van der Waals surface area (Å²) in [5, 5.41) is 1.10. The maximum Gasteiger partial charge on any atom is 0.139 e. The van der Waals surface area contributed by atoms with Crippen LogP contribution in [0, 0.1) is 0 Å². The summed E-state index contributed by atoms with van der Waals surface area (Å²) in [4.78, 5) is 13.1. The predicted octanol–water partition coefficient (Wildman–Crippen LogP) is 4.62. The van der Waals surface area contributed by atoms with Crippen molar-refractivity contribution in [3.8, 4) is 22.6 Å². The summed E-state index contributed by atoms with van der Waals surface area (Å²) in [6.45, 7) is 0. The molecule has 2 aromatic heterocycles. The van der Waals surface area contributed by atoms with Crippen molar-refractivity contribution in [2.45, 2.75) is 0 Å². The number of pyridine rings is 1. The van der Waals surface area contributed by atoms with Gasteiger partial charge in [-0.05, 0) is 24.3 Å². The Kier molecular flexibility index (Phi) is 3.95. The Morgan fingerprint density at radius 2 is 1.35 bits per heavy atom. The van der Waals surface area contributed by atoms with Gasteiger partial charge in [-0.1, -0.05) is 60.7 Å². The molecule has 4 nitrogen and oxygen atoms in total. The molecular formula is C22H17N3O. The van der Waals surface area contributed by atoms with Gasteiger partial charge in [0.25, 0.3) is 0 Å². The summed E-state index contributed by atoms with van der Waals surface area (Å²) in [5.74, 6) is 0.872. The van der Waals surface area contributed by atoms with Crippen molar-refractivity contribution in [1.82, 2.24) is 15.0 Å². The lowest BCUT2D eigenvalue weighted by molar-refractivity contribution is 0.824. The van der Waals surface area contributed by atoms with E-state index in [9.17, 15) is 0 Å². The zero-order valence-electron chi connectivity index (χ0n) is 14.0. The topological polar surface area (TPSA) is 73.1 Å². The van der Waals surface area contributed by atoms with E-state index >= 15 is 0 Å². The minimum Gasteiger partial charge on any atom is -0.412 e. The average molecular weight is 339 g/mol. The normalized spacial score (nSPS) is 10.8. The first-order valence-electron chi connectivity index (χ1n) is 8.29. The quantitative estimate of drug-likeness (QED) is 0.509. The van der Waals surface area contributed by atoms with E-state index in [4.69, 9.17) is 9.97 Å². The summed E-state index contributed by atoms with van der Waals surface area (Å²) in [6.07, 6.45) is 0. The predicted molar refractivity (Wildman–Crippen MR) is 106 cm³/mol. The van der Waals surface area contributed by atoms with Crippen molar-refractivity contribution in [2.24, 2.45) is 0 Å². The summed E-state index contributed by atoms with van der Waals surface area (Å²) in [6, 6.07) is 28.7. The highest BCUT2D eigenvalue weighted by molar-refractivity contribution is 5.96. The molecule has 0 amide bonds. The van der Waals surface area contributed by atoms with E-state index < -0.39 is 0 Å². The fourth-order valence-electron chi connectivity index (χ4n) is 3.21. The SMILES string of the molecule is O.c1ccc(-c2cc(-c3nc4ccccc4[nH]3)c3ccccc3n2)cc1. The highest BCUT2D eigenvalue weighted by Gasteiger charge is 2.12. The molecule has 0 atom stereocenters. The molecule has 5 rings (SSSR count). The first-order chi connectivity index (χ1) is 12.4. The number of nitrogens with zero attached hydrogens (tertiary/aromatic N) is 2. The Balaban J connectivity index is 0.00000168. The Morgan fingerprint density at radius 1 is 0.654 bits per heavy atom. The molecule has 26 heavy (non-hydrogen) atoms. The molecule has 0 aliphatic carbocycles. The molecule has 3 aromatic carbocycles. The van der Waals surface area contributed by atoms with Crippen LogP contribution in [0.15, 0.2) is 84.9 Å². The molecule has 0 radical (unpaired) electrons. The third kappa shape index (κ3) is 2.62. The smallest absolute Gasteiger partial charge is 0.139 e. The monoisotopic (exact) mass is 339 g/mol. The summed E-state index contributed by atoms with van der Waals surface area (Å²) < 4.78 is 0. The largest absolute Gasteiger partial charge is 0.412 e. The van der Waals surface area contributed by atoms with Crippen LogP contribution in [0.3, 0.4) is 0 Å². The third-order valence-electron chi connectivity index (χ3n) is 4.43. The molecule has 0 saturated heterocycles. The molecule has 0 unspecified atom stereocenters. The van der Waals surface area contributed by atoms with Crippen LogP contribution in [0.5, 0.6) is 0 Å². The van der Waals surface area contributed by atoms with E-state index in [1.165, 1.54) is 0 Å². The number of hydrogen-bond acceptors (Lipinski definition) is 2. The van der Waals surface area contributed by atoms with E-state index in [1.54, 1.807) is 0 Å². The van der Waals surface area contributed by atoms with Crippen molar-refractivity contribution in [1.29, 1.82) is 0 Å². The van der Waals surface area contributed by atoms with Crippen molar-refractivity contribution in [2.75, 3.05) is 0 Å². The number of nitrogens with one attached hydrogen (secondary N) is 1. The number of para-hydroxylation sites is 3. The number of fused-ring (bicyclic) bond motifs is 2. The van der Waals surface area contributed by atoms with Crippen molar-refractivity contribution >= 4 is 21.9 Å². The Labute approximate surface area is 150 Å². The van der Waals surface area contributed by atoms with E-state index in [1.807, 2.05) is 60.7 Å². The third-order valence-corrected chi connectivity index (χ3v) is 4.43. The number of imidazole rings is 1. The van der Waals surface area contributed by atoms with Crippen LogP contribution in [0.2, 0.25) is 0 Å².